The molecule has 1 fully saturated rings. The highest BCUT2D eigenvalue weighted by Gasteiger charge is 2.21. The lowest BCUT2D eigenvalue weighted by Gasteiger charge is -2.27. The van der Waals surface area contributed by atoms with Gasteiger partial charge in [-0.2, -0.15) is 0 Å². The second kappa shape index (κ2) is 6.89. The average molecular weight is 371 g/mol. The Morgan fingerprint density at radius 3 is 2.54 bits per heavy atom. The molecule has 4 rings (SSSR count). The lowest BCUT2D eigenvalue weighted by Crippen LogP contribution is -2.45. The number of thiophene rings is 1. The third-order valence-corrected chi connectivity index (χ3v) is 5.32. The number of hydrogen-bond donors (Lipinski definition) is 0. The Bertz CT molecular complexity index is 1060. The molecule has 0 radical (unpaired) electrons. The van der Waals surface area contributed by atoms with Gasteiger partial charge in [-0.1, -0.05) is 18.2 Å². The molecule has 0 spiro atoms. The van der Waals surface area contributed by atoms with E-state index in [0.717, 1.165) is 4.57 Å². The Kier molecular flexibility index (Phi) is 4.44. The summed E-state index contributed by atoms with van der Waals surface area (Å²) in [7, 11) is 0. The fraction of sp³-hybridized carbons (Fsp3) is 0.278. The fourth-order valence-electron chi connectivity index (χ4n) is 3.09. The van der Waals surface area contributed by atoms with Gasteiger partial charge in [0.05, 0.1) is 24.4 Å². The van der Waals surface area contributed by atoms with Crippen LogP contribution in [0, 0.1) is 0 Å². The SMILES string of the molecule is O=C(Cn1c(=O)n(-c2ccccc2)c(=O)c2sccc21)N1CCOCC1. The molecular formula is C18H17N3O4S. The first kappa shape index (κ1) is 16.7. The van der Waals surface area contributed by atoms with E-state index in [2.05, 4.69) is 0 Å². The van der Waals surface area contributed by atoms with Crippen LogP contribution in [-0.2, 0) is 16.1 Å². The number of ether oxygens (including phenoxy) is 1. The van der Waals surface area contributed by atoms with E-state index < -0.39 is 5.69 Å². The molecule has 2 aromatic heterocycles. The van der Waals surface area contributed by atoms with Gasteiger partial charge in [0.2, 0.25) is 5.91 Å². The van der Waals surface area contributed by atoms with Crippen molar-refractivity contribution in [2.75, 3.05) is 26.3 Å². The van der Waals surface area contributed by atoms with Crippen LogP contribution in [0.25, 0.3) is 15.9 Å². The number of rotatable bonds is 3. The number of amides is 1. The maximum Gasteiger partial charge on any atom is 0.336 e. The van der Waals surface area contributed by atoms with Gasteiger partial charge in [-0.15, -0.1) is 11.3 Å². The lowest BCUT2D eigenvalue weighted by molar-refractivity contribution is -0.135. The van der Waals surface area contributed by atoms with E-state index in [4.69, 9.17) is 4.74 Å². The third-order valence-electron chi connectivity index (χ3n) is 4.43. The zero-order chi connectivity index (χ0) is 18.1. The van der Waals surface area contributed by atoms with Gasteiger partial charge in [0.25, 0.3) is 5.56 Å². The first-order valence-electron chi connectivity index (χ1n) is 8.31. The van der Waals surface area contributed by atoms with E-state index in [1.165, 1.54) is 15.9 Å². The molecule has 3 heterocycles. The van der Waals surface area contributed by atoms with Crippen molar-refractivity contribution in [2.45, 2.75) is 6.54 Å². The van der Waals surface area contributed by atoms with Crippen LogP contribution in [0.5, 0.6) is 0 Å². The number of carbonyl (C=O) groups is 1. The molecule has 0 saturated carbocycles. The normalized spacial score (nSPS) is 14.7. The van der Waals surface area contributed by atoms with Crippen LogP contribution in [0.4, 0.5) is 0 Å². The van der Waals surface area contributed by atoms with Gasteiger partial charge >= 0.3 is 5.69 Å². The maximum absolute atomic E-state index is 13.1. The van der Waals surface area contributed by atoms with Crippen LogP contribution < -0.4 is 11.2 Å². The topological polar surface area (TPSA) is 73.5 Å². The molecule has 1 aliphatic rings. The molecule has 7 nitrogen and oxygen atoms in total. The molecule has 1 aliphatic heterocycles. The quantitative estimate of drug-likeness (QED) is 0.690. The largest absolute Gasteiger partial charge is 0.378 e. The number of hydrogen-bond acceptors (Lipinski definition) is 5. The number of benzene rings is 1. The van der Waals surface area contributed by atoms with Crippen LogP contribution in [0.1, 0.15) is 0 Å². The molecule has 1 saturated heterocycles. The summed E-state index contributed by atoms with van der Waals surface area (Å²) in [6.07, 6.45) is 0. The van der Waals surface area contributed by atoms with Gasteiger partial charge in [-0.25, -0.2) is 9.36 Å². The molecule has 8 heteroatoms. The van der Waals surface area contributed by atoms with Crippen LogP contribution >= 0.6 is 11.3 Å². The summed E-state index contributed by atoms with van der Waals surface area (Å²) in [5.74, 6) is -0.152. The summed E-state index contributed by atoms with van der Waals surface area (Å²) in [5.41, 5.74) is 0.124. The zero-order valence-electron chi connectivity index (χ0n) is 14.0. The van der Waals surface area contributed by atoms with E-state index >= 15 is 0 Å². The van der Waals surface area contributed by atoms with Crippen molar-refractivity contribution in [3.8, 4) is 5.69 Å². The highest BCUT2D eigenvalue weighted by molar-refractivity contribution is 7.17. The van der Waals surface area contributed by atoms with Gasteiger partial charge in [-0.05, 0) is 23.6 Å². The van der Waals surface area contributed by atoms with Crippen molar-refractivity contribution in [3.63, 3.8) is 0 Å². The van der Waals surface area contributed by atoms with Gasteiger partial charge in [0, 0.05) is 13.1 Å². The second-order valence-electron chi connectivity index (χ2n) is 5.97. The maximum atomic E-state index is 13.1. The number of nitrogens with zero attached hydrogens (tertiary/aromatic N) is 3. The molecule has 0 aliphatic carbocycles. The Balaban J connectivity index is 1.84. The second-order valence-corrected chi connectivity index (χ2v) is 6.89. The van der Waals surface area contributed by atoms with Gasteiger partial charge in [0.15, 0.2) is 0 Å². The third kappa shape index (κ3) is 2.87. The molecule has 0 bridgehead atoms. The highest BCUT2D eigenvalue weighted by Crippen LogP contribution is 2.16. The minimum Gasteiger partial charge on any atom is -0.378 e. The van der Waals surface area contributed by atoms with Crippen molar-refractivity contribution >= 4 is 27.5 Å². The standard InChI is InChI=1S/C18H17N3O4S/c22-15(19-7-9-25-10-8-19)12-20-14-6-11-26-16(14)17(23)21(18(20)24)13-4-2-1-3-5-13/h1-6,11H,7-10,12H2. The van der Waals surface area contributed by atoms with Gasteiger partial charge in [-0.3, -0.25) is 14.2 Å². The Hall–Kier alpha value is -2.71. The number of fused-ring (bicyclic) bond motifs is 1. The minimum atomic E-state index is -0.506. The zero-order valence-corrected chi connectivity index (χ0v) is 14.8. The monoisotopic (exact) mass is 371 g/mol. The Morgan fingerprint density at radius 2 is 1.81 bits per heavy atom. The number of aromatic nitrogens is 2. The molecular weight excluding hydrogens is 354 g/mol. The Labute approximate surface area is 152 Å². The first-order valence-corrected chi connectivity index (χ1v) is 9.19. The number of para-hydroxylation sites is 1. The molecule has 26 heavy (non-hydrogen) atoms. The summed E-state index contributed by atoms with van der Waals surface area (Å²) < 4.78 is 8.25. The predicted octanol–water partition coefficient (Wildman–Crippen LogP) is 1.07. The molecule has 0 unspecified atom stereocenters. The van der Waals surface area contributed by atoms with E-state index in [1.807, 2.05) is 6.07 Å². The van der Waals surface area contributed by atoms with Crippen LogP contribution in [-0.4, -0.2) is 46.2 Å². The summed E-state index contributed by atoms with van der Waals surface area (Å²) in [4.78, 5) is 40.2. The van der Waals surface area contributed by atoms with Crippen molar-refractivity contribution in [2.24, 2.45) is 0 Å². The number of morpholine rings is 1. The van der Waals surface area contributed by atoms with Crippen LogP contribution in [0.2, 0.25) is 0 Å². The van der Waals surface area contributed by atoms with E-state index in [0.29, 0.717) is 42.2 Å². The van der Waals surface area contributed by atoms with Crippen molar-refractivity contribution < 1.29 is 9.53 Å². The molecule has 0 atom stereocenters. The number of carbonyl (C=O) groups excluding carboxylic acids is 1. The highest BCUT2D eigenvalue weighted by atomic mass is 32.1. The van der Waals surface area contributed by atoms with Crippen LogP contribution in [0.3, 0.4) is 0 Å². The van der Waals surface area contributed by atoms with E-state index in [9.17, 15) is 14.4 Å². The first-order chi connectivity index (χ1) is 12.7. The van der Waals surface area contributed by atoms with Crippen LogP contribution in [0.15, 0.2) is 51.4 Å². The molecule has 1 aromatic carbocycles. The smallest absolute Gasteiger partial charge is 0.336 e. The van der Waals surface area contributed by atoms with E-state index in [-0.39, 0.29) is 18.0 Å². The minimum absolute atomic E-state index is 0.0980. The van der Waals surface area contributed by atoms with Gasteiger partial charge < -0.3 is 9.64 Å². The van der Waals surface area contributed by atoms with Gasteiger partial charge in [0.1, 0.15) is 11.2 Å². The molecule has 3 aromatic rings. The van der Waals surface area contributed by atoms with Crippen molar-refractivity contribution in [1.82, 2.24) is 14.0 Å². The van der Waals surface area contributed by atoms with E-state index in [1.54, 1.807) is 40.6 Å². The Morgan fingerprint density at radius 1 is 1.08 bits per heavy atom. The summed E-state index contributed by atoms with van der Waals surface area (Å²) >= 11 is 1.27. The summed E-state index contributed by atoms with van der Waals surface area (Å²) in [6, 6.07) is 10.5. The van der Waals surface area contributed by atoms with Crippen molar-refractivity contribution in [3.05, 3.63) is 62.6 Å². The predicted molar refractivity (Wildman–Crippen MR) is 99.1 cm³/mol. The molecule has 0 N–H and O–H groups in total. The van der Waals surface area contributed by atoms with Crippen molar-refractivity contribution in [1.29, 1.82) is 0 Å². The fourth-order valence-corrected chi connectivity index (χ4v) is 3.92. The summed E-state index contributed by atoms with van der Waals surface area (Å²) in [5, 5.41) is 1.76. The average Bonchev–Trinajstić information content (AvgIpc) is 3.17. The molecule has 1 amide bonds. The molecule has 134 valence electrons. The summed E-state index contributed by atoms with van der Waals surface area (Å²) in [6.45, 7) is 1.92. The lowest BCUT2D eigenvalue weighted by atomic mass is 10.3.